The second-order valence-electron chi connectivity index (χ2n) is 5.98. The van der Waals surface area contributed by atoms with Gasteiger partial charge in [0, 0.05) is 25.3 Å². The summed E-state index contributed by atoms with van der Waals surface area (Å²) >= 11 is 0. The lowest BCUT2D eigenvalue weighted by Crippen LogP contribution is -2.07. The minimum absolute atomic E-state index is 0.151. The van der Waals surface area contributed by atoms with Crippen molar-refractivity contribution in [1.29, 1.82) is 0 Å². The maximum atomic E-state index is 12.4. The van der Waals surface area contributed by atoms with E-state index in [-0.39, 0.29) is 5.78 Å². The van der Waals surface area contributed by atoms with Gasteiger partial charge in [-0.2, -0.15) is 0 Å². The van der Waals surface area contributed by atoms with Gasteiger partial charge in [-0.05, 0) is 35.9 Å². The highest BCUT2D eigenvalue weighted by atomic mass is 16.5. The lowest BCUT2D eigenvalue weighted by atomic mass is 10.1. The molecule has 0 radical (unpaired) electrons. The molecule has 2 aromatic carbocycles. The SMILES string of the molecule is COc1cc(C(=O)/C=C/C=C/c2ccc(N(C)C)cc2)cc(OC)c1OC. The molecule has 0 unspecified atom stereocenters. The zero-order valence-corrected chi connectivity index (χ0v) is 16.4. The predicted molar refractivity (Wildman–Crippen MR) is 109 cm³/mol. The molecule has 0 N–H and O–H groups in total. The van der Waals surface area contributed by atoms with Crippen LogP contribution in [-0.2, 0) is 0 Å². The third-order valence-electron chi connectivity index (χ3n) is 4.01. The minimum atomic E-state index is -0.151. The van der Waals surface area contributed by atoms with Gasteiger partial charge in [0.25, 0.3) is 0 Å². The molecule has 0 spiro atoms. The fourth-order valence-electron chi connectivity index (χ4n) is 2.51. The number of benzene rings is 2. The second kappa shape index (κ2) is 9.48. The van der Waals surface area contributed by atoms with Crippen LogP contribution in [0.5, 0.6) is 17.2 Å². The molecule has 0 aromatic heterocycles. The molecule has 2 rings (SSSR count). The average Bonchev–Trinajstić information content (AvgIpc) is 2.70. The van der Waals surface area contributed by atoms with E-state index in [2.05, 4.69) is 0 Å². The third kappa shape index (κ3) is 5.14. The molecule has 0 aliphatic carbocycles. The highest BCUT2D eigenvalue weighted by Gasteiger charge is 2.15. The summed E-state index contributed by atoms with van der Waals surface area (Å²) in [5.41, 5.74) is 2.66. The first-order valence-electron chi connectivity index (χ1n) is 8.46. The lowest BCUT2D eigenvalue weighted by Gasteiger charge is -2.13. The van der Waals surface area contributed by atoms with Crippen LogP contribution in [0.15, 0.2) is 54.6 Å². The molecule has 0 aliphatic heterocycles. The van der Waals surface area contributed by atoms with Gasteiger partial charge in [-0.1, -0.05) is 30.4 Å². The van der Waals surface area contributed by atoms with E-state index in [1.54, 1.807) is 18.2 Å². The Hall–Kier alpha value is -3.21. The van der Waals surface area contributed by atoms with E-state index in [1.165, 1.54) is 27.4 Å². The van der Waals surface area contributed by atoms with Crippen LogP contribution in [0.1, 0.15) is 15.9 Å². The van der Waals surface area contributed by atoms with Gasteiger partial charge in [0.1, 0.15) is 0 Å². The van der Waals surface area contributed by atoms with Gasteiger partial charge in [-0.25, -0.2) is 0 Å². The number of hydrogen-bond donors (Lipinski definition) is 0. The van der Waals surface area contributed by atoms with Crippen LogP contribution in [0.4, 0.5) is 5.69 Å². The third-order valence-corrected chi connectivity index (χ3v) is 4.01. The van der Waals surface area contributed by atoms with Crippen molar-refractivity contribution in [3.8, 4) is 17.2 Å². The van der Waals surface area contributed by atoms with Crippen molar-refractivity contribution < 1.29 is 19.0 Å². The van der Waals surface area contributed by atoms with Crippen molar-refractivity contribution in [3.05, 3.63) is 65.8 Å². The number of allylic oxidation sites excluding steroid dienone is 3. The molecular weight excluding hydrogens is 342 g/mol. The summed E-state index contributed by atoms with van der Waals surface area (Å²) in [6.07, 6.45) is 7.00. The zero-order valence-electron chi connectivity index (χ0n) is 16.4. The Morgan fingerprint density at radius 2 is 1.48 bits per heavy atom. The van der Waals surface area contributed by atoms with Crippen LogP contribution in [0.25, 0.3) is 6.08 Å². The summed E-state index contributed by atoms with van der Waals surface area (Å²) in [5.74, 6) is 1.21. The number of nitrogens with zero attached hydrogens (tertiary/aromatic N) is 1. The number of ether oxygens (including phenoxy) is 3. The molecule has 27 heavy (non-hydrogen) atoms. The van der Waals surface area contributed by atoms with Crippen molar-refractivity contribution in [3.63, 3.8) is 0 Å². The summed E-state index contributed by atoms with van der Waals surface area (Å²) in [5, 5.41) is 0. The van der Waals surface area contributed by atoms with E-state index >= 15 is 0 Å². The van der Waals surface area contributed by atoms with Crippen LogP contribution in [0.3, 0.4) is 0 Å². The highest BCUT2D eigenvalue weighted by Crippen LogP contribution is 2.38. The first kappa shape index (κ1) is 20.1. The van der Waals surface area contributed by atoms with E-state index < -0.39 is 0 Å². The van der Waals surface area contributed by atoms with Gasteiger partial charge in [-0.3, -0.25) is 4.79 Å². The number of methoxy groups -OCH3 is 3. The summed E-state index contributed by atoms with van der Waals surface area (Å²) in [4.78, 5) is 14.5. The van der Waals surface area contributed by atoms with E-state index in [0.717, 1.165) is 11.3 Å². The Bertz CT molecular complexity index is 811. The Labute approximate surface area is 160 Å². The van der Waals surface area contributed by atoms with Crippen LogP contribution in [0.2, 0.25) is 0 Å². The van der Waals surface area contributed by atoms with Gasteiger partial charge in [0.2, 0.25) is 5.75 Å². The Balaban J connectivity index is 2.12. The van der Waals surface area contributed by atoms with E-state index in [9.17, 15) is 4.79 Å². The molecule has 5 heteroatoms. The Morgan fingerprint density at radius 1 is 0.889 bits per heavy atom. The summed E-state index contributed by atoms with van der Waals surface area (Å²) in [7, 11) is 8.57. The van der Waals surface area contributed by atoms with E-state index in [1.807, 2.05) is 55.4 Å². The standard InChI is InChI=1S/C22H25NO4/c1-23(2)18-12-10-16(11-13-18)8-6-7-9-19(24)17-14-20(25-3)22(27-5)21(15-17)26-4/h6-15H,1-5H3/b8-6+,9-7+. The van der Waals surface area contributed by atoms with Crippen LogP contribution in [-0.4, -0.2) is 41.2 Å². The van der Waals surface area contributed by atoms with Crippen molar-refractivity contribution in [2.24, 2.45) is 0 Å². The van der Waals surface area contributed by atoms with Crippen molar-refractivity contribution >= 4 is 17.5 Å². The molecule has 2 aromatic rings. The van der Waals surface area contributed by atoms with Gasteiger partial charge < -0.3 is 19.1 Å². The van der Waals surface area contributed by atoms with Crippen molar-refractivity contribution in [2.45, 2.75) is 0 Å². The number of carbonyl (C=O) groups is 1. The first-order chi connectivity index (χ1) is 13.0. The number of hydrogen-bond acceptors (Lipinski definition) is 5. The summed E-state index contributed by atoms with van der Waals surface area (Å²) in [6.45, 7) is 0. The Morgan fingerprint density at radius 3 is 1.96 bits per heavy atom. The van der Waals surface area contributed by atoms with Crippen LogP contribution < -0.4 is 19.1 Å². The molecule has 0 atom stereocenters. The fourth-order valence-corrected chi connectivity index (χ4v) is 2.51. The number of anilines is 1. The molecule has 0 amide bonds. The number of ketones is 1. The van der Waals surface area contributed by atoms with E-state index in [0.29, 0.717) is 22.8 Å². The van der Waals surface area contributed by atoms with Crippen LogP contribution >= 0.6 is 0 Å². The maximum absolute atomic E-state index is 12.4. The molecular formula is C22H25NO4. The Kier molecular flexibility index (Phi) is 7.06. The highest BCUT2D eigenvalue weighted by molar-refractivity contribution is 6.05. The normalized spacial score (nSPS) is 11.0. The van der Waals surface area contributed by atoms with Gasteiger partial charge in [0.15, 0.2) is 17.3 Å². The molecule has 0 fully saturated rings. The van der Waals surface area contributed by atoms with Gasteiger partial charge in [0.05, 0.1) is 21.3 Å². The number of carbonyl (C=O) groups excluding carboxylic acids is 1. The average molecular weight is 367 g/mol. The molecule has 5 nitrogen and oxygen atoms in total. The summed E-state index contributed by atoms with van der Waals surface area (Å²) in [6, 6.07) is 11.4. The molecule has 0 aliphatic rings. The van der Waals surface area contributed by atoms with Crippen LogP contribution in [0, 0.1) is 0 Å². The topological polar surface area (TPSA) is 48.0 Å². The maximum Gasteiger partial charge on any atom is 0.203 e. The van der Waals surface area contributed by atoms with Gasteiger partial charge in [-0.15, -0.1) is 0 Å². The molecule has 0 heterocycles. The lowest BCUT2D eigenvalue weighted by molar-refractivity contribution is 0.104. The first-order valence-corrected chi connectivity index (χ1v) is 8.46. The minimum Gasteiger partial charge on any atom is -0.493 e. The smallest absolute Gasteiger partial charge is 0.203 e. The zero-order chi connectivity index (χ0) is 19.8. The summed E-state index contributed by atoms with van der Waals surface area (Å²) < 4.78 is 15.8. The van der Waals surface area contributed by atoms with Crippen molar-refractivity contribution in [1.82, 2.24) is 0 Å². The quantitative estimate of drug-likeness (QED) is 0.397. The molecule has 0 saturated heterocycles. The number of rotatable bonds is 8. The molecule has 0 bridgehead atoms. The van der Waals surface area contributed by atoms with Crippen molar-refractivity contribution in [2.75, 3.05) is 40.3 Å². The van der Waals surface area contributed by atoms with Gasteiger partial charge >= 0.3 is 0 Å². The van der Waals surface area contributed by atoms with E-state index in [4.69, 9.17) is 14.2 Å². The fraction of sp³-hybridized carbons (Fsp3) is 0.227. The monoisotopic (exact) mass is 367 g/mol. The predicted octanol–water partition coefficient (Wildman–Crippen LogP) is 4.23. The molecule has 142 valence electrons. The largest absolute Gasteiger partial charge is 0.493 e. The molecule has 0 saturated carbocycles. The second-order valence-corrected chi connectivity index (χ2v) is 5.98.